The Balaban J connectivity index is 1.50. The van der Waals surface area contributed by atoms with E-state index in [0.29, 0.717) is 19.0 Å². The first kappa shape index (κ1) is 18.9. The molecule has 2 amide bonds. The van der Waals surface area contributed by atoms with Crippen LogP contribution in [0.3, 0.4) is 0 Å². The summed E-state index contributed by atoms with van der Waals surface area (Å²) in [7, 11) is 0. The van der Waals surface area contributed by atoms with Crippen molar-refractivity contribution in [3.63, 3.8) is 0 Å². The minimum atomic E-state index is -0.414. The highest BCUT2D eigenvalue weighted by atomic mass is 16.2. The van der Waals surface area contributed by atoms with Gasteiger partial charge in [0, 0.05) is 38.2 Å². The Morgan fingerprint density at radius 3 is 2.81 bits per heavy atom. The second-order valence-electron chi connectivity index (χ2n) is 7.48. The first-order valence-electron chi connectivity index (χ1n) is 10.0. The molecule has 5 nitrogen and oxygen atoms in total. The first-order chi connectivity index (χ1) is 12.6. The lowest BCUT2D eigenvalue weighted by Gasteiger charge is -2.35. The number of carbonyl (C=O) groups is 2. The van der Waals surface area contributed by atoms with Gasteiger partial charge in [-0.05, 0) is 43.9 Å². The van der Waals surface area contributed by atoms with Gasteiger partial charge in [-0.1, -0.05) is 31.5 Å². The van der Waals surface area contributed by atoms with Crippen LogP contribution in [0.5, 0.6) is 0 Å². The van der Waals surface area contributed by atoms with Crippen molar-refractivity contribution in [3.8, 4) is 0 Å². The van der Waals surface area contributed by atoms with E-state index in [1.165, 1.54) is 39.2 Å². The quantitative estimate of drug-likeness (QED) is 0.797. The number of likely N-dealkylation sites (tertiary alicyclic amines) is 1. The number of para-hydroxylation sites is 1. The SMILES string of the molecule is CC[C@@H]1CCCCN1CCCNC(=O)[C@H]1Cc2ccccc2N1C(C)=O. The number of hydrogen-bond acceptors (Lipinski definition) is 3. The van der Waals surface area contributed by atoms with Crippen LogP contribution in [0.2, 0.25) is 0 Å². The predicted octanol–water partition coefficient (Wildman–Crippen LogP) is 2.74. The van der Waals surface area contributed by atoms with Gasteiger partial charge in [-0.25, -0.2) is 0 Å². The third-order valence-corrected chi connectivity index (χ3v) is 5.76. The molecular formula is C21H31N3O2. The zero-order valence-electron chi connectivity index (χ0n) is 16.0. The molecule has 2 aliphatic rings. The highest BCUT2D eigenvalue weighted by Gasteiger charge is 2.36. The van der Waals surface area contributed by atoms with Crippen LogP contribution >= 0.6 is 0 Å². The van der Waals surface area contributed by atoms with Crippen molar-refractivity contribution in [1.82, 2.24) is 10.2 Å². The maximum absolute atomic E-state index is 12.7. The van der Waals surface area contributed by atoms with Gasteiger partial charge in [0.2, 0.25) is 11.8 Å². The lowest BCUT2D eigenvalue weighted by Crippen LogP contribution is -2.48. The molecule has 0 radical (unpaired) electrons. The monoisotopic (exact) mass is 357 g/mol. The summed E-state index contributed by atoms with van der Waals surface area (Å²) in [6, 6.07) is 8.09. The first-order valence-corrected chi connectivity index (χ1v) is 10.0. The second-order valence-corrected chi connectivity index (χ2v) is 7.48. The van der Waals surface area contributed by atoms with Gasteiger partial charge in [0.25, 0.3) is 0 Å². The second kappa shape index (κ2) is 8.67. The summed E-state index contributed by atoms with van der Waals surface area (Å²) in [5.74, 6) is -0.115. The molecule has 3 rings (SSSR count). The fourth-order valence-corrected chi connectivity index (χ4v) is 4.41. The molecule has 0 aromatic heterocycles. The Hall–Kier alpha value is -1.88. The van der Waals surface area contributed by atoms with Crippen LogP contribution < -0.4 is 10.2 Å². The Morgan fingerprint density at radius 1 is 1.23 bits per heavy atom. The fraction of sp³-hybridized carbons (Fsp3) is 0.619. The molecule has 2 heterocycles. The van der Waals surface area contributed by atoms with E-state index in [2.05, 4.69) is 17.1 Å². The van der Waals surface area contributed by atoms with Crippen LogP contribution in [-0.4, -0.2) is 48.4 Å². The number of fused-ring (bicyclic) bond motifs is 1. The number of hydrogen-bond donors (Lipinski definition) is 1. The lowest BCUT2D eigenvalue weighted by molar-refractivity contribution is -0.125. The Morgan fingerprint density at radius 2 is 2.04 bits per heavy atom. The highest BCUT2D eigenvalue weighted by Crippen LogP contribution is 2.32. The van der Waals surface area contributed by atoms with E-state index in [1.807, 2.05) is 24.3 Å². The Labute approximate surface area is 156 Å². The van der Waals surface area contributed by atoms with Crippen LogP contribution in [0, 0.1) is 0 Å². The average Bonchev–Trinajstić information content (AvgIpc) is 3.05. The normalized spacial score (nSPS) is 22.9. The molecule has 0 bridgehead atoms. The van der Waals surface area contributed by atoms with Gasteiger partial charge in [-0.2, -0.15) is 0 Å². The minimum absolute atomic E-state index is 0.0397. The molecule has 0 saturated carbocycles. The number of piperidine rings is 1. The summed E-state index contributed by atoms with van der Waals surface area (Å²) < 4.78 is 0. The van der Waals surface area contributed by atoms with Crippen molar-refractivity contribution in [2.24, 2.45) is 0 Å². The summed E-state index contributed by atoms with van der Waals surface area (Å²) in [6.07, 6.45) is 6.70. The molecule has 0 unspecified atom stereocenters. The van der Waals surface area contributed by atoms with Crippen molar-refractivity contribution >= 4 is 17.5 Å². The largest absolute Gasteiger partial charge is 0.354 e. The standard InChI is InChI=1S/C21H31N3O2/c1-3-18-10-6-7-13-23(18)14-8-12-22-21(26)20-15-17-9-4-5-11-19(17)24(20)16(2)25/h4-5,9,11,18,20H,3,6-8,10,12-15H2,1-2H3,(H,22,26)/t18-,20-/m1/s1. The van der Waals surface area contributed by atoms with Gasteiger partial charge < -0.3 is 10.2 Å². The van der Waals surface area contributed by atoms with E-state index in [0.717, 1.165) is 24.2 Å². The van der Waals surface area contributed by atoms with E-state index in [-0.39, 0.29) is 11.8 Å². The van der Waals surface area contributed by atoms with Crippen molar-refractivity contribution in [3.05, 3.63) is 29.8 Å². The Kier molecular flexibility index (Phi) is 6.30. The van der Waals surface area contributed by atoms with E-state index >= 15 is 0 Å². The summed E-state index contributed by atoms with van der Waals surface area (Å²) >= 11 is 0. The molecule has 1 aromatic carbocycles. The molecule has 2 atom stereocenters. The number of rotatable bonds is 6. The zero-order valence-corrected chi connectivity index (χ0v) is 16.0. The molecular weight excluding hydrogens is 326 g/mol. The molecule has 26 heavy (non-hydrogen) atoms. The number of nitrogens with zero attached hydrogens (tertiary/aromatic N) is 2. The lowest BCUT2D eigenvalue weighted by atomic mass is 10.00. The molecule has 1 aromatic rings. The van der Waals surface area contributed by atoms with E-state index < -0.39 is 6.04 Å². The molecule has 0 spiro atoms. The third kappa shape index (κ3) is 4.09. The molecule has 0 aliphatic carbocycles. The summed E-state index contributed by atoms with van der Waals surface area (Å²) in [5.41, 5.74) is 1.95. The Bertz CT molecular complexity index is 646. The maximum atomic E-state index is 12.7. The molecule has 1 N–H and O–H groups in total. The van der Waals surface area contributed by atoms with Crippen LogP contribution in [0.15, 0.2) is 24.3 Å². The number of nitrogens with one attached hydrogen (secondary N) is 1. The molecule has 5 heteroatoms. The minimum Gasteiger partial charge on any atom is -0.354 e. The topological polar surface area (TPSA) is 52.7 Å². The van der Waals surface area contributed by atoms with Crippen LogP contribution in [0.1, 0.15) is 51.5 Å². The van der Waals surface area contributed by atoms with Gasteiger partial charge in [0.15, 0.2) is 0 Å². The van der Waals surface area contributed by atoms with Gasteiger partial charge in [0.1, 0.15) is 6.04 Å². The third-order valence-electron chi connectivity index (χ3n) is 5.76. The average molecular weight is 357 g/mol. The fourth-order valence-electron chi connectivity index (χ4n) is 4.41. The molecule has 1 fully saturated rings. The van der Waals surface area contributed by atoms with Crippen molar-refractivity contribution in [2.45, 2.75) is 64.5 Å². The van der Waals surface area contributed by atoms with Crippen molar-refractivity contribution in [1.29, 1.82) is 0 Å². The summed E-state index contributed by atoms with van der Waals surface area (Å²) in [6.45, 7) is 6.69. The van der Waals surface area contributed by atoms with E-state index in [4.69, 9.17) is 0 Å². The smallest absolute Gasteiger partial charge is 0.243 e. The molecule has 142 valence electrons. The summed E-state index contributed by atoms with van der Waals surface area (Å²) in [4.78, 5) is 29.0. The number of amides is 2. The van der Waals surface area contributed by atoms with Crippen LogP contribution in [-0.2, 0) is 16.0 Å². The number of anilines is 1. The van der Waals surface area contributed by atoms with Gasteiger partial charge in [-0.15, -0.1) is 0 Å². The molecule has 2 aliphatic heterocycles. The van der Waals surface area contributed by atoms with Crippen molar-refractivity contribution < 1.29 is 9.59 Å². The maximum Gasteiger partial charge on any atom is 0.243 e. The molecule has 1 saturated heterocycles. The van der Waals surface area contributed by atoms with Crippen LogP contribution in [0.4, 0.5) is 5.69 Å². The van der Waals surface area contributed by atoms with E-state index in [1.54, 1.807) is 4.90 Å². The van der Waals surface area contributed by atoms with Crippen molar-refractivity contribution in [2.75, 3.05) is 24.5 Å². The summed E-state index contributed by atoms with van der Waals surface area (Å²) in [5, 5.41) is 3.06. The van der Waals surface area contributed by atoms with Gasteiger partial charge in [0.05, 0.1) is 0 Å². The predicted molar refractivity (Wildman–Crippen MR) is 104 cm³/mol. The van der Waals surface area contributed by atoms with Gasteiger partial charge >= 0.3 is 0 Å². The van der Waals surface area contributed by atoms with E-state index in [9.17, 15) is 9.59 Å². The van der Waals surface area contributed by atoms with Crippen LogP contribution in [0.25, 0.3) is 0 Å². The van der Waals surface area contributed by atoms with Gasteiger partial charge in [-0.3, -0.25) is 14.5 Å². The number of carbonyl (C=O) groups excluding carboxylic acids is 2. The zero-order chi connectivity index (χ0) is 18.5. The highest BCUT2D eigenvalue weighted by molar-refractivity contribution is 6.02. The number of benzene rings is 1.